The Labute approximate surface area is 103 Å². The van der Waals surface area contributed by atoms with Gasteiger partial charge < -0.3 is 10.1 Å². The Morgan fingerprint density at radius 3 is 2.94 bits per heavy atom. The van der Waals surface area contributed by atoms with E-state index in [1.165, 1.54) is 18.6 Å². The number of nitrogens with one attached hydrogen (secondary N) is 1. The van der Waals surface area contributed by atoms with Gasteiger partial charge in [0, 0.05) is 17.9 Å². The van der Waals surface area contributed by atoms with Crippen molar-refractivity contribution < 1.29 is 9.53 Å². The van der Waals surface area contributed by atoms with E-state index in [4.69, 9.17) is 4.74 Å². The summed E-state index contributed by atoms with van der Waals surface area (Å²) in [6.45, 7) is 4.91. The minimum absolute atomic E-state index is 0.0361. The summed E-state index contributed by atoms with van der Waals surface area (Å²) in [6, 6.07) is 0.366. The van der Waals surface area contributed by atoms with Crippen molar-refractivity contribution in [3.8, 4) is 0 Å². The summed E-state index contributed by atoms with van der Waals surface area (Å²) < 4.78 is 5.09. The molecule has 1 saturated carbocycles. The van der Waals surface area contributed by atoms with Gasteiger partial charge in [-0.2, -0.15) is 11.8 Å². The number of ether oxygens (including phenoxy) is 1. The molecule has 3 nitrogen and oxygen atoms in total. The normalized spacial score (nSPS) is 25.4. The largest absolute Gasteiger partial charge is 0.372 e. The molecule has 0 radical (unpaired) electrons. The zero-order valence-electron chi connectivity index (χ0n) is 10.3. The lowest BCUT2D eigenvalue weighted by Crippen LogP contribution is -2.40. The van der Waals surface area contributed by atoms with E-state index in [9.17, 15) is 4.79 Å². The fourth-order valence-electron chi connectivity index (χ4n) is 2.13. The molecule has 1 fully saturated rings. The van der Waals surface area contributed by atoms with Gasteiger partial charge in [0.1, 0.15) is 6.61 Å². The zero-order valence-corrected chi connectivity index (χ0v) is 11.1. The topological polar surface area (TPSA) is 38.3 Å². The molecule has 1 aliphatic carbocycles. The summed E-state index contributed by atoms with van der Waals surface area (Å²) in [5.41, 5.74) is 0. The fourth-order valence-corrected chi connectivity index (χ4v) is 3.30. The molecule has 4 heteroatoms. The van der Waals surface area contributed by atoms with Crippen LogP contribution in [-0.2, 0) is 9.53 Å². The van der Waals surface area contributed by atoms with Crippen molar-refractivity contribution in [2.75, 3.05) is 19.0 Å². The molecule has 1 aliphatic rings. The van der Waals surface area contributed by atoms with E-state index in [2.05, 4.69) is 12.2 Å². The van der Waals surface area contributed by atoms with Crippen molar-refractivity contribution >= 4 is 17.7 Å². The molecule has 16 heavy (non-hydrogen) atoms. The average molecular weight is 245 g/mol. The number of carbonyl (C=O) groups excluding carboxylic acids is 1. The maximum Gasteiger partial charge on any atom is 0.246 e. The Hall–Kier alpha value is -0.220. The molecule has 0 aromatic carbocycles. The van der Waals surface area contributed by atoms with Gasteiger partial charge in [0.2, 0.25) is 5.91 Å². The number of amides is 1. The molecule has 1 rings (SSSR count). The highest BCUT2D eigenvalue weighted by Gasteiger charge is 2.22. The number of carbonyl (C=O) groups is 1. The monoisotopic (exact) mass is 245 g/mol. The van der Waals surface area contributed by atoms with Gasteiger partial charge in [0.25, 0.3) is 0 Å². The van der Waals surface area contributed by atoms with Gasteiger partial charge in [-0.15, -0.1) is 0 Å². The summed E-state index contributed by atoms with van der Waals surface area (Å²) in [5.74, 6) is 1.21. The van der Waals surface area contributed by atoms with Crippen LogP contribution in [0.4, 0.5) is 0 Å². The van der Waals surface area contributed by atoms with Crippen molar-refractivity contribution in [3.05, 3.63) is 0 Å². The maximum absolute atomic E-state index is 11.5. The SMILES string of the molecule is CCOCC(=O)N[C@H]1CCC[C@@H](SCC)C1. The molecule has 1 amide bonds. The minimum atomic E-state index is 0.0361. The molecule has 0 heterocycles. The van der Waals surface area contributed by atoms with E-state index in [0.29, 0.717) is 12.6 Å². The van der Waals surface area contributed by atoms with Crippen LogP contribution in [0.3, 0.4) is 0 Å². The molecular formula is C12H23NO2S. The Balaban J connectivity index is 2.22. The fraction of sp³-hybridized carbons (Fsp3) is 0.917. The summed E-state index contributed by atoms with van der Waals surface area (Å²) in [4.78, 5) is 11.5. The Kier molecular flexibility index (Phi) is 6.88. The molecule has 0 aromatic heterocycles. The van der Waals surface area contributed by atoms with Crippen LogP contribution in [0.1, 0.15) is 39.5 Å². The first-order valence-electron chi connectivity index (χ1n) is 6.25. The second kappa shape index (κ2) is 7.96. The molecule has 2 atom stereocenters. The molecule has 0 aliphatic heterocycles. The van der Waals surface area contributed by atoms with Crippen LogP contribution >= 0.6 is 11.8 Å². The van der Waals surface area contributed by atoms with Crippen molar-refractivity contribution in [3.63, 3.8) is 0 Å². The summed E-state index contributed by atoms with van der Waals surface area (Å²) in [7, 11) is 0. The Morgan fingerprint density at radius 2 is 2.25 bits per heavy atom. The summed E-state index contributed by atoms with van der Waals surface area (Å²) >= 11 is 2.02. The van der Waals surface area contributed by atoms with E-state index in [-0.39, 0.29) is 12.5 Å². The molecule has 94 valence electrons. The van der Waals surface area contributed by atoms with E-state index in [1.807, 2.05) is 18.7 Å². The molecule has 0 spiro atoms. The second-order valence-corrected chi connectivity index (χ2v) is 5.72. The van der Waals surface area contributed by atoms with Crippen molar-refractivity contribution in [1.82, 2.24) is 5.32 Å². The van der Waals surface area contributed by atoms with E-state index in [1.54, 1.807) is 0 Å². The molecule has 0 saturated heterocycles. The lowest BCUT2D eigenvalue weighted by molar-refractivity contribution is -0.126. The van der Waals surface area contributed by atoms with Crippen LogP contribution in [0.2, 0.25) is 0 Å². The predicted octanol–water partition coefficient (Wildman–Crippen LogP) is 2.20. The smallest absolute Gasteiger partial charge is 0.246 e. The van der Waals surface area contributed by atoms with Crippen LogP contribution < -0.4 is 5.32 Å². The van der Waals surface area contributed by atoms with Crippen LogP contribution in [0.15, 0.2) is 0 Å². The van der Waals surface area contributed by atoms with Gasteiger partial charge >= 0.3 is 0 Å². The highest BCUT2D eigenvalue weighted by Crippen LogP contribution is 2.28. The third-order valence-corrected chi connectivity index (χ3v) is 4.06. The van der Waals surface area contributed by atoms with E-state index >= 15 is 0 Å². The Bertz CT molecular complexity index is 209. The minimum Gasteiger partial charge on any atom is -0.372 e. The first kappa shape index (κ1) is 13.8. The standard InChI is InChI=1S/C12H23NO2S/c1-3-15-9-12(14)13-10-6-5-7-11(8-10)16-4-2/h10-11H,3-9H2,1-2H3,(H,13,14)/t10-,11+/m0/s1. The van der Waals surface area contributed by atoms with Gasteiger partial charge in [-0.1, -0.05) is 13.3 Å². The lowest BCUT2D eigenvalue weighted by atomic mass is 9.95. The lowest BCUT2D eigenvalue weighted by Gasteiger charge is -2.29. The van der Waals surface area contributed by atoms with Crippen LogP contribution in [0.5, 0.6) is 0 Å². The van der Waals surface area contributed by atoms with Crippen molar-refractivity contribution in [1.29, 1.82) is 0 Å². The van der Waals surface area contributed by atoms with Gasteiger partial charge in [0.15, 0.2) is 0 Å². The quantitative estimate of drug-likeness (QED) is 0.779. The van der Waals surface area contributed by atoms with Crippen LogP contribution in [0, 0.1) is 0 Å². The first-order chi connectivity index (χ1) is 7.76. The highest BCUT2D eigenvalue weighted by molar-refractivity contribution is 7.99. The molecule has 0 aromatic rings. The summed E-state index contributed by atoms with van der Waals surface area (Å²) in [6.07, 6.45) is 4.78. The molecule has 1 N–H and O–H groups in total. The predicted molar refractivity (Wildman–Crippen MR) is 68.8 cm³/mol. The zero-order chi connectivity index (χ0) is 11.8. The Morgan fingerprint density at radius 1 is 1.44 bits per heavy atom. The van der Waals surface area contributed by atoms with Gasteiger partial charge in [-0.25, -0.2) is 0 Å². The maximum atomic E-state index is 11.5. The number of hydrogen-bond donors (Lipinski definition) is 1. The number of hydrogen-bond acceptors (Lipinski definition) is 3. The van der Waals surface area contributed by atoms with Crippen LogP contribution in [-0.4, -0.2) is 36.2 Å². The third kappa shape index (κ3) is 5.21. The molecular weight excluding hydrogens is 222 g/mol. The van der Waals surface area contributed by atoms with Crippen molar-refractivity contribution in [2.24, 2.45) is 0 Å². The third-order valence-electron chi connectivity index (χ3n) is 2.83. The summed E-state index contributed by atoms with van der Waals surface area (Å²) in [5, 5.41) is 3.80. The average Bonchev–Trinajstić information content (AvgIpc) is 2.27. The molecule has 0 unspecified atom stereocenters. The van der Waals surface area contributed by atoms with Crippen LogP contribution in [0.25, 0.3) is 0 Å². The number of thioether (sulfide) groups is 1. The van der Waals surface area contributed by atoms with E-state index < -0.39 is 0 Å². The van der Waals surface area contributed by atoms with E-state index in [0.717, 1.165) is 18.1 Å². The highest BCUT2D eigenvalue weighted by atomic mass is 32.2. The number of rotatable bonds is 6. The first-order valence-corrected chi connectivity index (χ1v) is 7.29. The van der Waals surface area contributed by atoms with Gasteiger partial charge in [-0.3, -0.25) is 4.79 Å². The second-order valence-electron chi connectivity index (χ2n) is 4.15. The van der Waals surface area contributed by atoms with Gasteiger partial charge in [0.05, 0.1) is 0 Å². The van der Waals surface area contributed by atoms with Gasteiger partial charge in [-0.05, 0) is 31.9 Å². The molecule has 0 bridgehead atoms. The van der Waals surface area contributed by atoms with Crippen molar-refractivity contribution in [2.45, 2.75) is 50.8 Å².